The van der Waals surface area contributed by atoms with E-state index in [4.69, 9.17) is 28.2 Å². The van der Waals surface area contributed by atoms with Crippen LogP contribution in [0.15, 0.2) is 66.7 Å². The smallest absolute Gasteiger partial charge is 0.258 e. The summed E-state index contributed by atoms with van der Waals surface area (Å²) in [6, 6.07) is 19.1. The van der Waals surface area contributed by atoms with Gasteiger partial charge in [0.15, 0.2) is 5.82 Å². The average molecular weight is 396 g/mol. The van der Waals surface area contributed by atoms with E-state index in [0.717, 1.165) is 10.9 Å². The summed E-state index contributed by atoms with van der Waals surface area (Å²) in [4.78, 5) is 19.7. The number of nitro groups is 1. The van der Waals surface area contributed by atoms with E-state index in [-0.39, 0.29) is 5.69 Å². The molecule has 4 aromatic rings. The van der Waals surface area contributed by atoms with Crippen molar-refractivity contribution in [3.63, 3.8) is 0 Å². The van der Waals surface area contributed by atoms with Gasteiger partial charge in [0.2, 0.25) is 0 Å². The van der Waals surface area contributed by atoms with Crippen molar-refractivity contribution < 1.29 is 4.92 Å². The molecular weight excluding hydrogens is 385 g/mol. The number of fused-ring (bicyclic) bond motifs is 1. The fraction of sp³-hybridized carbons (Fsp3) is 0. The summed E-state index contributed by atoms with van der Waals surface area (Å²) >= 11 is 12.6. The number of rotatable bonds is 3. The average Bonchev–Trinajstić information content (AvgIpc) is 2.68. The fourth-order valence-electron chi connectivity index (χ4n) is 2.83. The zero-order chi connectivity index (χ0) is 19.0. The van der Waals surface area contributed by atoms with Crippen LogP contribution in [-0.2, 0) is 0 Å². The van der Waals surface area contributed by atoms with Gasteiger partial charge >= 0.3 is 0 Å². The van der Waals surface area contributed by atoms with Crippen LogP contribution in [0.3, 0.4) is 0 Å². The third-order valence-electron chi connectivity index (χ3n) is 4.10. The molecule has 4 rings (SSSR count). The largest absolute Gasteiger partial charge is 0.269 e. The molecule has 0 aliphatic carbocycles. The molecule has 0 unspecified atom stereocenters. The van der Waals surface area contributed by atoms with Gasteiger partial charge in [-0.1, -0.05) is 53.5 Å². The lowest BCUT2D eigenvalue weighted by Gasteiger charge is -2.11. The van der Waals surface area contributed by atoms with Gasteiger partial charge in [0, 0.05) is 33.7 Å². The Labute approximate surface area is 164 Å². The van der Waals surface area contributed by atoms with Gasteiger partial charge in [-0.15, -0.1) is 0 Å². The summed E-state index contributed by atoms with van der Waals surface area (Å²) in [5.74, 6) is 0.431. The molecule has 0 N–H and O–H groups in total. The van der Waals surface area contributed by atoms with Gasteiger partial charge in [0.1, 0.15) is 0 Å². The summed E-state index contributed by atoms with van der Waals surface area (Å²) in [6.45, 7) is 0. The molecule has 0 amide bonds. The molecule has 0 saturated carbocycles. The van der Waals surface area contributed by atoms with Crippen LogP contribution in [0.2, 0.25) is 10.0 Å². The van der Waals surface area contributed by atoms with Crippen LogP contribution in [0, 0.1) is 10.1 Å². The lowest BCUT2D eigenvalue weighted by molar-refractivity contribution is -0.384. The Bertz CT molecular complexity index is 1160. The Morgan fingerprint density at radius 3 is 2.22 bits per heavy atom. The third-order valence-corrected chi connectivity index (χ3v) is 4.61. The molecule has 0 spiro atoms. The van der Waals surface area contributed by atoms with Crippen molar-refractivity contribution in [2.24, 2.45) is 0 Å². The van der Waals surface area contributed by atoms with Crippen molar-refractivity contribution in [1.82, 2.24) is 9.97 Å². The van der Waals surface area contributed by atoms with Crippen LogP contribution >= 0.6 is 23.2 Å². The summed E-state index contributed by atoms with van der Waals surface area (Å²) < 4.78 is 0. The fourth-order valence-corrected chi connectivity index (χ4v) is 3.37. The summed E-state index contributed by atoms with van der Waals surface area (Å²) in [5, 5.41) is 12.5. The molecule has 27 heavy (non-hydrogen) atoms. The van der Waals surface area contributed by atoms with E-state index in [2.05, 4.69) is 4.98 Å². The van der Waals surface area contributed by atoms with Gasteiger partial charge in [0.05, 0.1) is 21.2 Å². The molecule has 5 nitrogen and oxygen atoms in total. The highest BCUT2D eigenvalue weighted by Gasteiger charge is 2.15. The minimum absolute atomic E-state index is 0.00707. The first-order valence-corrected chi connectivity index (χ1v) is 8.75. The zero-order valence-electron chi connectivity index (χ0n) is 13.8. The van der Waals surface area contributed by atoms with Gasteiger partial charge < -0.3 is 0 Å². The molecule has 3 aromatic carbocycles. The molecule has 0 bridgehead atoms. The van der Waals surface area contributed by atoms with Crippen molar-refractivity contribution in [2.45, 2.75) is 0 Å². The van der Waals surface area contributed by atoms with Gasteiger partial charge in [0.25, 0.3) is 5.69 Å². The maximum absolute atomic E-state index is 10.9. The van der Waals surface area contributed by atoms with Gasteiger partial charge in [-0.05, 0) is 24.3 Å². The Balaban J connectivity index is 1.99. The summed E-state index contributed by atoms with van der Waals surface area (Å²) in [5.41, 5.74) is 2.83. The van der Waals surface area contributed by atoms with Crippen LogP contribution in [0.4, 0.5) is 5.69 Å². The number of halogens is 2. The second-order valence-electron chi connectivity index (χ2n) is 5.85. The normalized spacial score (nSPS) is 10.9. The maximum Gasteiger partial charge on any atom is 0.269 e. The lowest BCUT2D eigenvalue weighted by Crippen LogP contribution is -1.96. The van der Waals surface area contributed by atoms with E-state index in [9.17, 15) is 10.1 Å². The van der Waals surface area contributed by atoms with Crippen molar-refractivity contribution in [1.29, 1.82) is 0 Å². The number of hydrogen-bond acceptors (Lipinski definition) is 4. The Hall–Kier alpha value is -3.02. The predicted molar refractivity (Wildman–Crippen MR) is 107 cm³/mol. The van der Waals surface area contributed by atoms with Crippen molar-refractivity contribution in [2.75, 3.05) is 0 Å². The molecule has 0 atom stereocenters. The van der Waals surface area contributed by atoms with Crippen LogP contribution in [0.25, 0.3) is 33.5 Å². The van der Waals surface area contributed by atoms with Gasteiger partial charge in [-0.25, -0.2) is 9.97 Å². The monoisotopic (exact) mass is 395 g/mol. The first kappa shape index (κ1) is 17.4. The van der Waals surface area contributed by atoms with Crippen molar-refractivity contribution in [3.05, 3.63) is 86.9 Å². The van der Waals surface area contributed by atoms with Crippen LogP contribution in [0.5, 0.6) is 0 Å². The van der Waals surface area contributed by atoms with Crippen LogP contribution < -0.4 is 0 Å². The molecule has 132 valence electrons. The highest BCUT2D eigenvalue weighted by atomic mass is 35.5. The highest BCUT2D eigenvalue weighted by molar-refractivity contribution is 6.38. The number of nitro benzene ring substituents is 1. The Morgan fingerprint density at radius 2 is 1.56 bits per heavy atom. The van der Waals surface area contributed by atoms with E-state index in [0.29, 0.717) is 32.6 Å². The molecule has 0 fully saturated rings. The zero-order valence-corrected chi connectivity index (χ0v) is 15.3. The van der Waals surface area contributed by atoms with Crippen LogP contribution in [0.1, 0.15) is 0 Å². The van der Waals surface area contributed by atoms with E-state index < -0.39 is 4.92 Å². The van der Waals surface area contributed by atoms with E-state index in [1.165, 1.54) is 12.1 Å². The van der Waals surface area contributed by atoms with E-state index in [1.54, 1.807) is 24.3 Å². The second-order valence-corrected chi connectivity index (χ2v) is 6.69. The molecule has 0 saturated heterocycles. The highest BCUT2D eigenvalue weighted by Crippen LogP contribution is 2.34. The second kappa shape index (κ2) is 6.95. The number of benzene rings is 3. The Morgan fingerprint density at radius 1 is 0.852 bits per heavy atom. The van der Waals surface area contributed by atoms with Gasteiger partial charge in [-0.3, -0.25) is 10.1 Å². The molecule has 1 aromatic heterocycles. The molecule has 0 aliphatic heterocycles. The van der Waals surface area contributed by atoms with Crippen molar-refractivity contribution >= 4 is 39.8 Å². The maximum atomic E-state index is 10.9. The summed E-state index contributed by atoms with van der Waals surface area (Å²) in [6.07, 6.45) is 0. The molecule has 0 aliphatic rings. The molecule has 7 heteroatoms. The molecular formula is C20H11Cl2N3O2. The standard InChI is InChI=1S/C20H11Cl2N3O2/c21-14-10-16-18(12-4-2-1-3-5-12)23-20(24-19(16)17(22)11-14)13-6-8-15(9-7-13)25(26)27/h1-11H. The SMILES string of the molecule is O=[N+]([O-])c1ccc(-c2nc(-c3ccccc3)c3cc(Cl)cc(Cl)c3n2)cc1. The number of nitrogens with zero attached hydrogens (tertiary/aromatic N) is 3. The third kappa shape index (κ3) is 3.35. The van der Waals surface area contributed by atoms with E-state index >= 15 is 0 Å². The first-order valence-electron chi connectivity index (χ1n) is 8.00. The molecule has 0 radical (unpaired) electrons. The lowest BCUT2D eigenvalue weighted by atomic mass is 10.1. The number of aromatic nitrogens is 2. The van der Waals surface area contributed by atoms with Gasteiger partial charge in [-0.2, -0.15) is 0 Å². The minimum atomic E-state index is -0.445. The first-order chi connectivity index (χ1) is 13.0. The quantitative estimate of drug-likeness (QED) is 0.306. The number of hydrogen-bond donors (Lipinski definition) is 0. The predicted octanol–water partition coefficient (Wildman–Crippen LogP) is 6.18. The van der Waals surface area contributed by atoms with Crippen molar-refractivity contribution in [3.8, 4) is 22.6 Å². The molecule has 1 heterocycles. The number of non-ortho nitro benzene ring substituents is 1. The van der Waals surface area contributed by atoms with E-state index in [1.807, 2.05) is 30.3 Å². The topological polar surface area (TPSA) is 68.9 Å². The minimum Gasteiger partial charge on any atom is -0.258 e. The van der Waals surface area contributed by atoms with Crippen LogP contribution in [-0.4, -0.2) is 14.9 Å². The Kier molecular flexibility index (Phi) is 4.48. The summed E-state index contributed by atoms with van der Waals surface area (Å²) in [7, 11) is 0.